The van der Waals surface area contributed by atoms with Crippen molar-refractivity contribution >= 4 is 23.6 Å². The fraction of sp³-hybridized carbons (Fsp3) is 0.400. The van der Waals surface area contributed by atoms with Gasteiger partial charge in [0, 0.05) is 30.2 Å². The van der Waals surface area contributed by atoms with Crippen molar-refractivity contribution in [2.24, 2.45) is 11.7 Å². The molecular formula is C15H19ClN2O. The van der Waals surface area contributed by atoms with E-state index in [0.717, 1.165) is 25.1 Å². The Hall–Kier alpha value is -1.32. The lowest BCUT2D eigenvalue weighted by Crippen LogP contribution is -2.47. The van der Waals surface area contributed by atoms with Crippen LogP contribution in [0.1, 0.15) is 18.9 Å². The number of hydrogen-bond donors (Lipinski definition) is 1. The quantitative estimate of drug-likeness (QED) is 0.845. The Kier molecular flexibility index (Phi) is 4.61. The minimum atomic E-state index is 0.0497. The third-order valence-electron chi connectivity index (χ3n) is 3.57. The molecule has 1 amide bonds. The zero-order chi connectivity index (χ0) is 13.8. The van der Waals surface area contributed by atoms with Gasteiger partial charge in [0.25, 0.3) is 0 Å². The molecule has 0 bridgehead atoms. The van der Waals surface area contributed by atoms with E-state index in [-0.39, 0.29) is 11.9 Å². The van der Waals surface area contributed by atoms with Crippen molar-refractivity contribution in [2.75, 3.05) is 13.1 Å². The second-order valence-electron chi connectivity index (χ2n) is 5.10. The van der Waals surface area contributed by atoms with Gasteiger partial charge in [-0.3, -0.25) is 4.79 Å². The maximum absolute atomic E-state index is 12.1. The number of benzene rings is 1. The summed E-state index contributed by atoms with van der Waals surface area (Å²) in [5.74, 6) is 0.412. The highest BCUT2D eigenvalue weighted by Gasteiger charge is 2.24. The first-order valence-electron chi connectivity index (χ1n) is 6.54. The van der Waals surface area contributed by atoms with Gasteiger partial charge in [-0.25, -0.2) is 0 Å². The summed E-state index contributed by atoms with van der Waals surface area (Å²) in [4.78, 5) is 13.9. The van der Waals surface area contributed by atoms with Crippen LogP contribution >= 0.6 is 11.6 Å². The van der Waals surface area contributed by atoms with Crippen molar-refractivity contribution in [3.63, 3.8) is 0 Å². The minimum absolute atomic E-state index is 0.0497. The molecule has 19 heavy (non-hydrogen) atoms. The van der Waals surface area contributed by atoms with Crippen molar-refractivity contribution in [3.05, 3.63) is 40.9 Å². The van der Waals surface area contributed by atoms with Crippen molar-refractivity contribution in [1.29, 1.82) is 0 Å². The van der Waals surface area contributed by atoms with Crippen LogP contribution in [0.3, 0.4) is 0 Å². The van der Waals surface area contributed by atoms with Crippen molar-refractivity contribution < 1.29 is 4.79 Å². The molecular weight excluding hydrogens is 260 g/mol. The van der Waals surface area contributed by atoms with Crippen LogP contribution in [0.4, 0.5) is 0 Å². The molecule has 0 saturated carbocycles. The van der Waals surface area contributed by atoms with E-state index in [9.17, 15) is 4.79 Å². The molecule has 0 spiro atoms. The first kappa shape index (κ1) is 14.1. The standard InChI is InChI=1S/C15H19ClN2O/c1-11-10-18(9-8-14(11)17)15(19)7-4-12-2-5-13(16)6-3-12/h2-7,11,14H,8-10,17H2,1H3. The highest BCUT2D eigenvalue weighted by molar-refractivity contribution is 6.30. The van der Waals surface area contributed by atoms with Crippen LogP contribution < -0.4 is 5.73 Å². The van der Waals surface area contributed by atoms with Crippen LogP contribution in [0.2, 0.25) is 5.02 Å². The Morgan fingerprint density at radius 2 is 2.11 bits per heavy atom. The van der Waals surface area contributed by atoms with Crippen LogP contribution in [0.25, 0.3) is 6.08 Å². The molecule has 1 aliphatic heterocycles. The zero-order valence-corrected chi connectivity index (χ0v) is 11.8. The highest BCUT2D eigenvalue weighted by Crippen LogP contribution is 2.16. The molecule has 2 N–H and O–H groups in total. The number of piperidine rings is 1. The molecule has 2 atom stereocenters. The van der Waals surface area contributed by atoms with Gasteiger partial charge in [0.2, 0.25) is 5.91 Å². The van der Waals surface area contributed by atoms with Crippen LogP contribution in [-0.2, 0) is 4.79 Å². The summed E-state index contributed by atoms with van der Waals surface area (Å²) in [7, 11) is 0. The molecule has 1 aromatic carbocycles. The number of amides is 1. The molecule has 1 aliphatic rings. The first-order chi connectivity index (χ1) is 9.06. The molecule has 1 saturated heterocycles. The smallest absolute Gasteiger partial charge is 0.246 e. The van der Waals surface area contributed by atoms with E-state index in [1.165, 1.54) is 0 Å². The number of rotatable bonds is 2. The van der Waals surface area contributed by atoms with Gasteiger partial charge < -0.3 is 10.6 Å². The molecule has 1 fully saturated rings. The average Bonchev–Trinajstić information content (AvgIpc) is 2.41. The van der Waals surface area contributed by atoms with E-state index in [2.05, 4.69) is 6.92 Å². The van der Waals surface area contributed by atoms with Gasteiger partial charge in [0.1, 0.15) is 0 Å². The maximum Gasteiger partial charge on any atom is 0.246 e. The average molecular weight is 279 g/mol. The van der Waals surface area contributed by atoms with E-state index in [4.69, 9.17) is 17.3 Å². The highest BCUT2D eigenvalue weighted by atomic mass is 35.5. The predicted octanol–water partition coefficient (Wildman–Crippen LogP) is 2.55. The largest absolute Gasteiger partial charge is 0.339 e. The monoisotopic (exact) mass is 278 g/mol. The van der Waals surface area contributed by atoms with Gasteiger partial charge in [0.15, 0.2) is 0 Å². The maximum atomic E-state index is 12.1. The number of carbonyl (C=O) groups excluding carboxylic acids is 1. The Bertz CT molecular complexity index is 470. The molecule has 2 rings (SSSR count). The molecule has 2 unspecified atom stereocenters. The second kappa shape index (κ2) is 6.22. The summed E-state index contributed by atoms with van der Waals surface area (Å²) in [5.41, 5.74) is 6.92. The van der Waals surface area contributed by atoms with Gasteiger partial charge in [-0.05, 0) is 36.1 Å². The molecule has 4 heteroatoms. The summed E-state index contributed by atoms with van der Waals surface area (Å²) in [6, 6.07) is 7.62. The van der Waals surface area contributed by atoms with E-state index < -0.39 is 0 Å². The number of nitrogens with two attached hydrogens (primary N) is 1. The normalized spacial score (nSPS) is 23.8. The van der Waals surface area contributed by atoms with Gasteiger partial charge in [-0.2, -0.15) is 0 Å². The van der Waals surface area contributed by atoms with Gasteiger partial charge in [-0.1, -0.05) is 30.7 Å². The number of carbonyl (C=O) groups is 1. The lowest BCUT2D eigenvalue weighted by molar-refractivity contribution is -0.127. The van der Waals surface area contributed by atoms with E-state index in [1.807, 2.05) is 35.2 Å². The summed E-state index contributed by atoms with van der Waals surface area (Å²) < 4.78 is 0. The summed E-state index contributed by atoms with van der Waals surface area (Å²) in [5, 5.41) is 0.697. The SMILES string of the molecule is CC1CN(C(=O)C=Cc2ccc(Cl)cc2)CCC1N. The molecule has 1 aromatic rings. The van der Waals surface area contributed by atoms with Crippen molar-refractivity contribution in [3.8, 4) is 0 Å². The molecule has 0 radical (unpaired) electrons. The third kappa shape index (κ3) is 3.82. The Labute approximate surface area is 119 Å². The summed E-state index contributed by atoms with van der Waals surface area (Å²) >= 11 is 5.81. The predicted molar refractivity (Wildman–Crippen MR) is 78.8 cm³/mol. The molecule has 0 aliphatic carbocycles. The molecule has 102 valence electrons. The number of nitrogens with zero attached hydrogens (tertiary/aromatic N) is 1. The molecule has 3 nitrogen and oxygen atoms in total. The topological polar surface area (TPSA) is 46.3 Å². The molecule has 1 heterocycles. The van der Waals surface area contributed by atoms with Crippen LogP contribution in [0.5, 0.6) is 0 Å². The second-order valence-corrected chi connectivity index (χ2v) is 5.54. The van der Waals surface area contributed by atoms with Crippen molar-refractivity contribution in [1.82, 2.24) is 4.90 Å². The minimum Gasteiger partial charge on any atom is -0.339 e. The zero-order valence-electron chi connectivity index (χ0n) is 11.1. The lowest BCUT2D eigenvalue weighted by Gasteiger charge is -2.34. The molecule has 0 aromatic heterocycles. The third-order valence-corrected chi connectivity index (χ3v) is 3.82. The van der Waals surface area contributed by atoms with E-state index in [0.29, 0.717) is 10.9 Å². The Morgan fingerprint density at radius 3 is 2.74 bits per heavy atom. The van der Waals surface area contributed by atoms with Gasteiger partial charge in [-0.15, -0.1) is 0 Å². The number of halogens is 1. The number of hydrogen-bond acceptors (Lipinski definition) is 2. The van der Waals surface area contributed by atoms with Gasteiger partial charge >= 0.3 is 0 Å². The Morgan fingerprint density at radius 1 is 1.42 bits per heavy atom. The lowest BCUT2D eigenvalue weighted by atomic mass is 9.95. The fourth-order valence-corrected chi connectivity index (χ4v) is 2.34. The number of likely N-dealkylation sites (tertiary alicyclic amines) is 1. The summed E-state index contributed by atoms with van der Waals surface area (Å²) in [6.07, 6.45) is 4.31. The first-order valence-corrected chi connectivity index (χ1v) is 6.92. The Balaban J connectivity index is 1.95. The van der Waals surface area contributed by atoms with E-state index in [1.54, 1.807) is 6.08 Å². The van der Waals surface area contributed by atoms with Crippen molar-refractivity contribution in [2.45, 2.75) is 19.4 Å². The fourth-order valence-electron chi connectivity index (χ4n) is 2.21. The summed E-state index contributed by atoms with van der Waals surface area (Å²) in [6.45, 7) is 3.58. The van der Waals surface area contributed by atoms with Crippen LogP contribution in [0.15, 0.2) is 30.3 Å². The van der Waals surface area contributed by atoms with E-state index >= 15 is 0 Å². The van der Waals surface area contributed by atoms with Gasteiger partial charge in [0.05, 0.1) is 0 Å². The van der Waals surface area contributed by atoms with Crippen LogP contribution in [-0.4, -0.2) is 29.9 Å². The van der Waals surface area contributed by atoms with Crippen LogP contribution in [0, 0.1) is 5.92 Å².